The molecular formula is C13H8F3N3O. The highest BCUT2D eigenvalue weighted by Crippen LogP contribution is 2.25. The molecule has 3 rings (SSSR count). The molecule has 2 aromatic heterocycles. The van der Waals surface area contributed by atoms with E-state index in [9.17, 15) is 13.2 Å². The van der Waals surface area contributed by atoms with Crippen LogP contribution in [0.2, 0.25) is 0 Å². The fourth-order valence-electron chi connectivity index (χ4n) is 1.85. The molecule has 2 heterocycles. The van der Waals surface area contributed by atoms with E-state index in [0.717, 1.165) is 0 Å². The summed E-state index contributed by atoms with van der Waals surface area (Å²) in [5.74, 6) is 0.0524. The highest BCUT2D eigenvalue weighted by atomic mass is 19.4. The molecule has 0 spiro atoms. The highest BCUT2D eigenvalue weighted by molar-refractivity contribution is 5.76. The van der Waals surface area contributed by atoms with Crippen molar-refractivity contribution in [2.75, 3.05) is 0 Å². The van der Waals surface area contributed by atoms with Gasteiger partial charge in [-0.3, -0.25) is 0 Å². The van der Waals surface area contributed by atoms with Crippen molar-refractivity contribution >= 4 is 11.2 Å². The maximum atomic E-state index is 12.5. The van der Waals surface area contributed by atoms with E-state index in [4.69, 9.17) is 0 Å². The van der Waals surface area contributed by atoms with Crippen molar-refractivity contribution in [2.45, 2.75) is 6.36 Å². The maximum absolute atomic E-state index is 12.5. The Morgan fingerprint density at radius 3 is 2.45 bits per heavy atom. The number of alkyl halides is 3. The van der Waals surface area contributed by atoms with Gasteiger partial charge in [-0.25, -0.2) is 9.97 Å². The van der Waals surface area contributed by atoms with Crippen molar-refractivity contribution in [1.82, 2.24) is 14.7 Å². The normalized spacial score (nSPS) is 11.8. The smallest absolute Gasteiger partial charge is 0.309 e. The monoisotopic (exact) mass is 279 g/mol. The van der Waals surface area contributed by atoms with Gasteiger partial charge in [-0.15, -0.1) is 17.9 Å². The Balaban J connectivity index is 2.23. The zero-order valence-electron chi connectivity index (χ0n) is 10.0. The Kier molecular flexibility index (Phi) is 2.81. The topological polar surface area (TPSA) is 39.9 Å². The van der Waals surface area contributed by atoms with Crippen molar-refractivity contribution in [2.24, 2.45) is 0 Å². The lowest BCUT2D eigenvalue weighted by atomic mass is 10.2. The summed E-state index contributed by atoms with van der Waals surface area (Å²) < 4.78 is 38.2. The molecular weight excluding hydrogens is 271 g/mol. The minimum atomic E-state index is -4.82. The molecule has 0 N–H and O–H groups in total. The average Bonchev–Trinajstić information content (AvgIpc) is 2.77. The van der Waals surface area contributed by atoms with Crippen molar-refractivity contribution in [3.63, 3.8) is 0 Å². The number of pyridine rings is 1. The maximum Gasteiger partial charge on any atom is 0.591 e. The Bertz CT molecular complexity index is 737. The Morgan fingerprint density at radius 1 is 1.00 bits per heavy atom. The number of hydrogen-bond donors (Lipinski definition) is 0. The van der Waals surface area contributed by atoms with E-state index in [1.165, 1.54) is 6.20 Å². The molecule has 1 aromatic carbocycles. The van der Waals surface area contributed by atoms with Crippen LogP contribution in [0.1, 0.15) is 0 Å². The number of benzene rings is 1. The van der Waals surface area contributed by atoms with Crippen molar-refractivity contribution < 1.29 is 18.0 Å². The fraction of sp³-hybridized carbons (Fsp3) is 0.0769. The van der Waals surface area contributed by atoms with Crippen LogP contribution < -0.4 is 4.84 Å². The van der Waals surface area contributed by atoms with Gasteiger partial charge in [-0.05, 0) is 12.1 Å². The minimum absolute atomic E-state index is 0.0173. The number of hydrogen-bond acceptors (Lipinski definition) is 3. The predicted octanol–water partition coefficient (Wildman–Crippen LogP) is 3.05. The van der Waals surface area contributed by atoms with E-state index in [0.29, 0.717) is 15.8 Å². The first-order valence-corrected chi connectivity index (χ1v) is 5.70. The standard InChI is InChI=1S/C13H8F3N3O/c14-13(15,16)20-19-11(9-5-2-1-3-6-9)18-10-7-4-8-17-12(10)19/h1-8H. The third kappa shape index (κ3) is 2.29. The summed E-state index contributed by atoms with van der Waals surface area (Å²) in [6, 6.07) is 11.7. The van der Waals surface area contributed by atoms with Crippen LogP contribution in [0.3, 0.4) is 0 Å². The number of fused-ring (bicyclic) bond motifs is 1. The molecule has 0 saturated heterocycles. The molecule has 0 aliphatic heterocycles. The lowest BCUT2D eigenvalue weighted by molar-refractivity contribution is -0.320. The second kappa shape index (κ2) is 4.52. The van der Waals surface area contributed by atoms with Gasteiger partial charge >= 0.3 is 6.36 Å². The molecule has 0 fully saturated rings. The van der Waals surface area contributed by atoms with Gasteiger partial charge in [0, 0.05) is 11.8 Å². The summed E-state index contributed by atoms with van der Waals surface area (Å²) in [4.78, 5) is 12.1. The van der Waals surface area contributed by atoms with Crippen LogP contribution in [0.5, 0.6) is 0 Å². The second-order valence-corrected chi connectivity index (χ2v) is 3.98. The van der Waals surface area contributed by atoms with E-state index in [-0.39, 0.29) is 11.5 Å². The molecule has 0 radical (unpaired) electrons. The summed E-state index contributed by atoms with van der Waals surface area (Å²) in [6.07, 6.45) is -3.44. The Morgan fingerprint density at radius 2 is 1.75 bits per heavy atom. The molecule has 0 saturated carbocycles. The van der Waals surface area contributed by atoms with Crippen molar-refractivity contribution in [3.05, 3.63) is 48.7 Å². The summed E-state index contributed by atoms with van der Waals surface area (Å²) in [5, 5.41) is 0. The van der Waals surface area contributed by atoms with Crippen LogP contribution in [0.4, 0.5) is 13.2 Å². The quantitative estimate of drug-likeness (QED) is 0.724. The zero-order valence-corrected chi connectivity index (χ0v) is 10.0. The average molecular weight is 279 g/mol. The molecule has 0 aliphatic carbocycles. The first-order valence-electron chi connectivity index (χ1n) is 5.70. The van der Waals surface area contributed by atoms with Crippen LogP contribution in [0.15, 0.2) is 48.7 Å². The van der Waals surface area contributed by atoms with E-state index >= 15 is 0 Å². The SMILES string of the molecule is FC(F)(F)On1c(-c2ccccc2)nc2cccnc21. The van der Waals surface area contributed by atoms with Crippen LogP contribution in [0.25, 0.3) is 22.6 Å². The fourth-order valence-corrected chi connectivity index (χ4v) is 1.85. The molecule has 7 heteroatoms. The molecule has 4 nitrogen and oxygen atoms in total. The van der Waals surface area contributed by atoms with E-state index in [1.807, 2.05) is 0 Å². The number of imidazole rings is 1. The van der Waals surface area contributed by atoms with Crippen molar-refractivity contribution in [1.29, 1.82) is 0 Å². The summed E-state index contributed by atoms with van der Waals surface area (Å²) in [5.41, 5.74) is 0.856. The zero-order chi connectivity index (χ0) is 14.2. The van der Waals surface area contributed by atoms with Gasteiger partial charge < -0.3 is 4.84 Å². The Labute approximate surface area is 111 Å². The molecule has 3 aromatic rings. The van der Waals surface area contributed by atoms with Gasteiger partial charge in [0.05, 0.1) is 0 Å². The lowest BCUT2D eigenvalue weighted by Gasteiger charge is -2.11. The van der Waals surface area contributed by atoms with Gasteiger partial charge in [0.2, 0.25) is 0 Å². The van der Waals surface area contributed by atoms with Crippen LogP contribution in [0, 0.1) is 0 Å². The van der Waals surface area contributed by atoms with Gasteiger partial charge in [0.15, 0.2) is 11.5 Å². The van der Waals surface area contributed by atoms with E-state index in [2.05, 4.69) is 14.8 Å². The molecule has 102 valence electrons. The van der Waals surface area contributed by atoms with Gasteiger partial charge in [-0.1, -0.05) is 30.3 Å². The van der Waals surface area contributed by atoms with Gasteiger partial charge in [0.1, 0.15) is 5.52 Å². The summed E-state index contributed by atoms with van der Waals surface area (Å²) in [6.45, 7) is 0. The number of halogens is 3. The lowest BCUT2D eigenvalue weighted by Crippen LogP contribution is -2.27. The molecule has 0 atom stereocenters. The van der Waals surface area contributed by atoms with Crippen LogP contribution >= 0.6 is 0 Å². The third-order valence-electron chi connectivity index (χ3n) is 2.60. The first-order chi connectivity index (χ1) is 9.54. The molecule has 20 heavy (non-hydrogen) atoms. The molecule has 0 amide bonds. The van der Waals surface area contributed by atoms with Crippen LogP contribution in [-0.4, -0.2) is 21.1 Å². The minimum Gasteiger partial charge on any atom is -0.309 e. The number of rotatable bonds is 2. The molecule has 0 unspecified atom stereocenters. The third-order valence-corrected chi connectivity index (χ3v) is 2.60. The predicted molar refractivity (Wildman–Crippen MR) is 65.6 cm³/mol. The van der Waals surface area contributed by atoms with E-state index in [1.54, 1.807) is 42.5 Å². The first kappa shape index (κ1) is 12.5. The second-order valence-electron chi connectivity index (χ2n) is 3.98. The summed E-state index contributed by atoms with van der Waals surface area (Å²) in [7, 11) is 0. The van der Waals surface area contributed by atoms with Gasteiger partial charge in [-0.2, -0.15) is 0 Å². The Hall–Kier alpha value is -2.57. The summed E-state index contributed by atoms with van der Waals surface area (Å²) >= 11 is 0. The van der Waals surface area contributed by atoms with Gasteiger partial charge in [0.25, 0.3) is 0 Å². The largest absolute Gasteiger partial charge is 0.591 e. The number of aromatic nitrogens is 3. The van der Waals surface area contributed by atoms with Crippen molar-refractivity contribution in [3.8, 4) is 11.4 Å². The highest BCUT2D eigenvalue weighted by Gasteiger charge is 2.34. The van der Waals surface area contributed by atoms with E-state index < -0.39 is 6.36 Å². The van der Waals surface area contributed by atoms with Crippen LogP contribution in [-0.2, 0) is 0 Å². The number of nitrogens with zero attached hydrogens (tertiary/aromatic N) is 3. The molecule has 0 bridgehead atoms. The molecule has 0 aliphatic rings.